The van der Waals surface area contributed by atoms with E-state index in [-0.39, 0.29) is 27.3 Å². The molecule has 2 amide bonds. The molecule has 0 spiro atoms. The zero-order valence-electron chi connectivity index (χ0n) is 16.9. The number of nitrogens with zero attached hydrogens (tertiary/aromatic N) is 2. The van der Waals surface area contributed by atoms with Crippen molar-refractivity contribution in [3.05, 3.63) is 76.1 Å². The molecule has 3 aromatic rings. The number of imide groups is 1. The van der Waals surface area contributed by atoms with Crippen LogP contribution >= 0.6 is 15.9 Å². The molecule has 0 N–H and O–H groups in total. The Morgan fingerprint density at radius 1 is 0.839 bits per heavy atom. The number of carbonyl (C=O) groups excluding carboxylic acids is 2. The molecular formula is C22H18BrFN2O5. The van der Waals surface area contributed by atoms with E-state index in [0.717, 1.165) is 11.0 Å². The third-order valence-electron chi connectivity index (χ3n) is 4.39. The standard InChI is InChI=1S/C22H18BrFN2O5/c1-29-15-8-4-13(5-9-15)21(27)26(18-12-17(24)19(23)25-20(18)31-3)22(28)14-6-10-16(30-2)11-7-14/h4-12H,1-3H3. The highest BCUT2D eigenvalue weighted by Gasteiger charge is 2.30. The number of benzene rings is 2. The molecule has 0 aliphatic carbocycles. The van der Waals surface area contributed by atoms with Crippen molar-refractivity contribution in [2.75, 3.05) is 26.2 Å². The molecule has 0 aliphatic heterocycles. The second kappa shape index (κ2) is 9.57. The van der Waals surface area contributed by atoms with Crippen LogP contribution in [0.3, 0.4) is 0 Å². The van der Waals surface area contributed by atoms with Crippen molar-refractivity contribution in [2.24, 2.45) is 0 Å². The third-order valence-corrected chi connectivity index (χ3v) is 4.95. The molecule has 0 atom stereocenters. The summed E-state index contributed by atoms with van der Waals surface area (Å²) in [6, 6.07) is 13.4. The van der Waals surface area contributed by atoms with E-state index in [9.17, 15) is 14.0 Å². The van der Waals surface area contributed by atoms with Gasteiger partial charge in [-0.3, -0.25) is 9.59 Å². The Balaban J connectivity index is 2.14. The zero-order valence-corrected chi connectivity index (χ0v) is 18.5. The van der Waals surface area contributed by atoms with Gasteiger partial charge in [0.05, 0.1) is 21.3 Å². The Morgan fingerprint density at radius 2 is 1.29 bits per heavy atom. The summed E-state index contributed by atoms with van der Waals surface area (Å²) in [6.07, 6.45) is 0. The monoisotopic (exact) mass is 488 g/mol. The predicted molar refractivity (Wildman–Crippen MR) is 116 cm³/mol. The lowest BCUT2D eigenvalue weighted by Gasteiger charge is -2.23. The van der Waals surface area contributed by atoms with Crippen molar-refractivity contribution in [2.45, 2.75) is 0 Å². The van der Waals surface area contributed by atoms with Crippen LogP contribution in [-0.2, 0) is 0 Å². The number of hydrogen-bond acceptors (Lipinski definition) is 6. The smallest absolute Gasteiger partial charge is 0.265 e. The lowest BCUT2D eigenvalue weighted by Crippen LogP contribution is -2.37. The highest BCUT2D eigenvalue weighted by molar-refractivity contribution is 9.10. The van der Waals surface area contributed by atoms with Crippen molar-refractivity contribution < 1.29 is 28.2 Å². The molecule has 1 heterocycles. The van der Waals surface area contributed by atoms with Gasteiger partial charge >= 0.3 is 0 Å². The van der Waals surface area contributed by atoms with Crippen molar-refractivity contribution in [3.63, 3.8) is 0 Å². The average Bonchev–Trinajstić information content (AvgIpc) is 2.81. The molecule has 0 aliphatic rings. The summed E-state index contributed by atoms with van der Waals surface area (Å²) in [5.41, 5.74) is 0.242. The summed E-state index contributed by atoms with van der Waals surface area (Å²) >= 11 is 2.98. The topological polar surface area (TPSA) is 78.0 Å². The highest BCUT2D eigenvalue weighted by Crippen LogP contribution is 2.33. The lowest BCUT2D eigenvalue weighted by atomic mass is 10.1. The van der Waals surface area contributed by atoms with E-state index in [2.05, 4.69) is 20.9 Å². The van der Waals surface area contributed by atoms with E-state index in [0.29, 0.717) is 11.5 Å². The molecule has 0 bridgehead atoms. The molecule has 0 saturated carbocycles. The number of anilines is 1. The van der Waals surface area contributed by atoms with Gasteiger partial charge in [-0.15, -0.1) is 0 Å². The van der Waals surface area contributed by atoms with Gasteiger partial charge in [-0.2, -0.15) is 0 Å². The fourth-order valence-electron chi connectivity index (χ4n) is 2.79. The molecule has 2 aromatic carbocycles. The Bertz CT molecular complexity index is 1040. The number of methoxy groups -OCH3 is 3. The van der Waals surface area contributed by atoms with Gasteiger partial charge in [-0.25, -0.2) is 14.3 Å². The maximum Gasteiger partial charge on any atom is 0.265 e. The molecule has 9 heteroatoms. The molecule has 160 valence electrons. The van der Waals surface area contributed by atoms with Gasteiger partial charge in [0.15, 0.2) is 5.82 Å². The molecule has 3 rings (SSSR count). The van der Waals surface area contributed by atoms with E-state index in [1.807, 2.05) is 0 Å². The van der Waals surface area contributed by atoms with Crippen LogP contribution in [0.5, 0.6) is 17.4 Å². The molecule has 0 unspecified atom stereocenters. The maximum absolute atomic E-state index is 14.3. The first-order valence-corrected chi connectivity index (χ1v) is 9.75. The minimum atomic E-state index is -0.758. The van der Waals surface area contributed by atoms with E-state index < -0.39 is 17.6 Å². The van der Waals surface area contributed by atoms with Gasteiger partial charge in [-0.1, -0.05) is 0 Å². The van der Waals surface area contributed by atoms with Crippen LogP contribution < -0.4 is 19.1 Å². The van der Waals surface area contributed by atoms with Crippen molar-refractivity contribution in [1.29, 1.82) is 0 Å². The Kier molecular flexibility index (Phi) is 6.86. The maximum atomic E-state index is 14.3. The van der Waals surface area contributed by atoms with Gasteiger partial charge in [0.2, 0.25) is 5.88 Å². The third kappa shape index (κ3) is 4.66. The molecule has 0 radical (unpaired) electrons. The van der Waals surface area contributed by atoms with Crippen LogP contribution in [0.15, 0.2) is 59.2 Å². The van der Waals surface area contributed by atoms with Crippen molar-refractivity contribution in [1.82, 2.24) is 4.98 Å². The van der Waals surface area contributed by atoms with Gasteiger partial charge in [0.1, 0.15) is 21.8 Å². The van der Waals surface area contributed by atoms with Gasteiger partial charge in [0.25, 0.3) is 11.8 Å². The first-order valence-electron chi connectivity index (χ1n) is 8.96. The van der Waals surface area contributed by atoms with Crippen LogP contribution in [0.1, 0.15) is 20.7 Å². The minimum absolute atomic E-state index is 0.100. The first-order chi connectivity index (χ1) is 14.9. The van der Waals surface area contributed by atoms with E-state index in [1.54, 1.807) is 24.3 Å². The summed E-state index contributed by atoms with van der Waals surface area (Å²) in [5.74, 6) is -1.16. The number of aromatic nitrogens is 1. The van der Waals surface area contributed by atoms with E-state index in [4.69, 9.17) is 14.2 Å². The SMILES string of the molecule is COc1ccc(C(=O)N(C(=O)c2ccc(OC)cc2)c2cc(F)c(Br)nc2OC)cc1. The Labute approximate surface area is 186 Å². The van der Waals surface area contributed by atoms with Crippen LogP contribution in [0, 0.1) is 5.82 Å². The summed E-state index contributed by atoms with van der Waals surface area (Å²) in [5, 5.41) is 0. The summed E-state index contributed by atoms with van der Waals surface area (Å²) in [7, 11) is 4.30. The van der Waals surface area contributed by atoms with Crippen molar-refractivity contribution in [3.8, 4) is 17.4 Å². The number of carbonyl (C=O) groups is 2. The fourth-order valence-corrected chi connectivity index (χ4v) is 3.06. The van der Waals surface area contributed by atoms with Crippen LogP contribution in [0.2, 0.25) is 0 Å². The van der Waals surface area contributed by atoms with E-state index >= 15 is 0 Å². The van der Waals surface area contributed by atoms with Crippen LogP contribution in [-0.4, -0.2) is 38.1 Å². The number of rotatable bonds is 6. The fraction of sp³-hybridized carbons (Fsp3) is 0.136. The molecule has 0 saturated heterocycles. The predicted octanol–water partition coefficient (Wildman–Crippen LogP) is 4.50. The average molecular weight is 489 g/mol. The minimum Gasteiger partial charge on any atom is -0.497 e. The number of halogens is 2. The first kappa shape index (κ1) is 22.2. The number of hydrogen-bond donors (Lipinski definition) is 0. The number of ether oxygens (including phenoxy) is 3. The van der Waals surface area contributed by atoms with Gasteiger partial charge < -0.3 is 14.2 Å². The normalized spacial score (nSPS) is 10.4. The summed E-state index contributed by atoms with van der Waals surface area (Å²) < 4.78 is 29.7. The molecule has 0 fully saturated rings. The van der Waals surface area contributed by atoms with Crippen LogP contribution in [0.25, 0.3) is 0 Å². The molecule has 31 heavy (non-hydrogen) atoms. The Hall–Kier alpha value is -3.46. The molecule has 7 nitrogen and oxygen atoms in total. The van der Waals surface area contributed by atoms with E-state index in [1.165, 1.54) is 45.6 Å². The van der Waals surface area contributed by atoms with Gasteiger partial charge in [0, 0.05) is 17.2 Å². The van der Waals surface area contributed by atoms with Crippen LogP contribution in [0.4, 0.5) is 10.1 Å². The molecular weight excluding hydrogens is 471 g/mol. The number of pyridine rings is 1. The lowest BCUT2D eigenvalue weighted by molar-refractivity contribution is 0.0896. The summed E-state index contributed by atoms with van der Waals surface area (Å²) in [6.45, 7) is 0. The number of amides is 2. The zero-order chi connectivity index (χ0) is 22.5. The molecule has 1 aromatic heterocycles. The largest absolute Gasteiger partial charge is 0.497 e. The quantitative estimate of drug-likeness (QED) is 0.375. The Morgan fingerprint density at radius 3 is 1.68 bits per heavy atom. The summed E-state index contributed by atoms with van der Waals surface area (Å²) in [4.78, 5) is 31.5. The second-order valence-corrected chi connectivity index (χ2v) is 6.94. The second-order valence-electron chi connectivity index (χ2n) is 6.19. The highest BCUT2D eigenvalue weighted by atomic mass is 79.9. The van der Waals surface area contributed by atoms with Gasteiger partial charge in [-0.05, 0) is 64.5 Å². The van der Waals surface area contributed by atoms with Crippen molar-refractivity contribution >= 4 is 33.4 Å².